The molecule has 0 bridgehead atoms. The number of benzene rings is 2. The van der Waals surface area contributed by atoms with E-state index >= 15 is 0 Å². The van der Waals surface area contributed by atoms with Gasteiger partial charge in [-0.3, -0.25) is 14.8 Å². The number of piperazine rings is 1. The molecule has 4 aromatic rings. The summed E-state index contributed by atoms with van der Waals surface area (Å²) >= 11 is 1.81. The number of pyridine rings is 1. The Morgan fingerprint density at radius 3 is 2.73 bits per heavy atom. The summed E-state index contributed by atoms with van der Waals surface area (Å²) in [5.41, 5.74) is 6.92. The summed E-state index contributed by atoms with van der Waals surface area (Å²) in [6.07, 6.45) is 8.66. The van der Waals surface area contributed by atoms with Gasteiger partial charge in [-0.05, 0) is 70.1 Å². The van der Waals surface area contributed by atoms with E-state index in [1.54, 1.807) is 11.3 Å². The minimum atomic E-state index is 0.322. The van der Waals surface area contributed by atoms with Gasteiger partial charge in [0.1, 0.15) is 0 Å². The summed E-state index contributed by atoms with van der Waals surface area (Å²) in [5.74, 6) is 0. The van der Waals surface area contributed by atoms with Crippen LogP contribution in [0.25, 0.3) is 16.2 Å². The Kier molecular flexibility index (Phi) is 5.81. The van der Waals surface area contributed by atoms with Crippen LogP contribution in [0.1, 0.15) is 34.0 Å². The highest BCUT2D eigenvalue weighted by molar-refractivity contribution is 7.17. The lowest BCUT2D eigenvalue weighted by atomic mass is 9.94. The maximum absolute atomic E-state index is 4.76. The van der Waals surface area contributed by atoms with E-state index in [-0.39, 0.29) is 0 Å². The summed E-state index contributed by atoms with van der Waals surface area (Å²) in [4.78, 5) is 10.0. The molecule has 2 aliphatic rings. The second-order valence-electron chi connectivity index (χ2n) is 9.10. The second kappa shape index (κ2) is 9.22. The molecule has 1 saturated heterocycles. The molecule has 1 fully saturated rings. The number of rotatable bonds is 4. The predicted octanol–water partition coefficient (Wildman–Crippen LogP) is 5.82. The van der Waals surface area contributed by atoms with Crippen molar-refractivity contribution < 1.29 is 0 Å². The maximum atomic E-state index is 4.76. The number of hydrogen-bond donors (Lipinski definition) is 0. The summed E-state index contributed by atoms with van der Waals surface area (Å²) in [7, 11) is 0. The topological polar surface area (TPSA) is 19.4 Å². The molecule has 6 rings (SSSR count). The third-order valence-corrected chi connectivity index (χ3v) is 8.02. The molecule has 2 aromatic heterocycles. The van der Waals surface area contributed by atoms with E-state index in [1.807, 2.05) is 6.20 Å². The van der Waals surface area contributed by atoms with Crippen molar-refractivity contribution in [1.82, 2.24) is 14.8 Å². The second-order valence-corrected chi connectivity index (χ2v) is 10.0. The summed E-state index contributed by atoms with van der Waals surface area (Å²) in [6.45, 7) is 5.38. The number of aryl methyl sites for hydroxylation is 2. The SMILES string of the molecule is C(=Cc1ccc2sccc2c1)CN1CCN(C2c3ccccc3CCc3ncccc32)CC1. The Morgan fingerprint density at radius 1 is 0.909 bits per heavy atom. The molecule has 1 atom stereocenters. The summed E-state index contributed by atoms with van der Waals surface area (Å²) in [6, 6.07) is 22.7. The molecule has 33 heavy (non-hydrogen) atoms. The lowest BCUT2D eigenvalue weighted by Crippen LogP contribution is -2.47. The highest BCUT2D eigenvalue weighted by atomic mass is 32.1. The van der Waals surface area contributed by atoms with Crippen LogP contribution in [-0.2, 0) is 12.8 Å². The number of aromatic nitrogens is 1. The van der Waals surface area contributed by atoms with E-state index in [1.165, 1.54) is 38.0 Å². The highest BCUT2D eigenvalue weighted by Gasteiger charge is 2.31. The van der Waals surface area contributed by atoms with Crippen LogP contribution in [0, 0.1) is 0 Å². The van der Waals surface area contributed by atoms with Gasteiger partial charge < -0.3 is 0 Å². The standard InChI is InChI=1S/C29H29N3S/c1-2-7-25-23(6-1)10-11-27-26(8-3-14-30-27)29(25)32-18-16-31(17-19-32)15-4-5-22-9-12-28-24(21-22)13-20-33-28/h1-9,12-14,20-21,29H,10-11,15-19H2. The van der Waals surface area contributed by atoms with Crippen molar-refractivity contribution >= 4 is 27.5 Å². The van der Waals surface area contributed by atoms with Gasteiger partial charge in [0.2, 0.25) is 0 Å². The van der Waals surface area contributed by atoms with Crippen molar-refractivity contribution in [1.29, 1.82) is 0 Å². The van der Waals surface area contributed by atoms with Crippen LogP contribution >= 0.6 is 11.3 Å². The van der Waals surface area contributed by atoms with Gasteiger partial charge in [-0.25, -0.2) is 0 Å². The molecule has 3 nitrogen and oxygen atoms in total. The molecule has 2 aromatic carbocycles. The molecule has 1 aliphatic heterocycles. The molecule has 0 spiro atoms. The van der Waals surface area contributed by atoms with Crippen LogP contribution in [0.3, 0.4) is 0 Å². The Hall–Kier alpha value is -2.79. The van der Waals surface area contributed by atoms with Gasteiger partial charge in [0, 0.05) is 49.3 Å². The van der Waals surface area contributed by atoms with Crippen molar-refractivity contribution in [3.8, 4) is 0 Å². The van der Waals surface area contributed by atoms with Gasteiger partial charge in [0.05, 0.1) is 6.04 Å². The van der Waals surface area contributed by atoms with E-state index < -0.39 is 0 Å². The maximum Gasteiger partial charge on any atom is 0.0623 e. The van der Waals surface area contributed by atoms with E-state index in [0.29, 0.717) is 6.04 Å². The predicted molar refractivity (Wildman–Crippen MR) is 139 cm³/mol. The van der Waals surface area contributed by atoms with Crippen LogP contribution < -0.4 is 0 Å². The smallest absolute Gasteiger partial charge is 0.0623 e. The van der Waals surface area contributed by atoms with Crippen molar-refractivity contribution in [3.63, 3.8) is 0 Å². The Balaban J connectivity index is 1.15. The van der Waals surface area contributed by atoms with Gasteiger partial charge in [-0.15, -0.1) is 11.3 Å². The molecule has 1 unspecified atom stereocenters. The van der Waals surface area contributed by atoms with Gasteiger partial charge in [0.25, 0.3) is 0 Å². The van der Waals surface area contributed by atoms with Gasteiger partial charge in [-0.1, -0.05) is 48.6 Å². The number of hydrogen-bond acceptors (Lipinski definition) is 4. The Bertz CT molecular complexity index is 1240. The van der Waals surface area contributed by atoms with Crippen LogP contribution in [0.4, 0.5) is 0 Å². The monoisotopic (exact) mass is 451 g/mol. The van der Waals surface area contributed by atoms with Crippen LogP contribution in [-0.4, -0.2) is 47.5 Å². The summed E-state index contributed by atoms with van der Waals surface area (Å²) < 4.78 is 1.36. The average molecular weight is 452 g/mol. The zero-order valence-electron chi connectivity index (χ0n) is 18.9. The average Bonchev–Trinajstić information content (AvgIpc) is 3.26. The first kappa shape index (κ1) is 20.8. The molecule has 4 heteroatoms. The Morgan fingerprint density at radius 2 is 1.79 bits per heavy atom. The fraction of sp³-hybridized carbons (Fsp3) is 0.276. The zero-order valence-corrected chi connectivity index (χ0v) is 19.7. The quantitative estimate of drug-likeness (QED) is 0.390. The lowest BCUT2D eigenvalue weighted by Gasteiger charge is -2.40. The molecule has 1 aliphatic carbocycles. The third-order valence-electron chi connectivity index (χ3n) is 7.12. The molecule has 0 radical (unpaired) electrons. The molecule has 0 N–H and O–H groups in total. The van der Waals surface area contributed by atoms with E-state index in [4.69, 9.17) is 4.98 Å². The highest BCUT2D eigenvalue weighted by Crippen LogP contribution is 2.36. The molecule has 0 amide bonds. The van der Waals surface area contributed by atoms with Crippen molar-refractivity contribution in [2.75, 3.05) is 32.7 Å². The first-order chi connectivity index (χ1) is 16.3. The minimum absolute atomic E-state index is 0.322. The first-order valence-corrected chi connectivity index (χ1v) is 12.8. The van der Waals surface area contributed by atoms with Crippen LogP contribution in [0.15, 0.2) is 78.3 Å². The molecular weight excluding hydrogens is 422 g/mol. The van der Waals surface area contributed by atoms with Gasteiger partial charge >= 0.3 is 0 Å². The fourth-order valence-electron chi connectivity index (χ4n) is 5.38. The number of thiophene rings is 1. The number of nitrogens with zero attached hydrogens (tertiary/aromatic N) is 3. The first-order valence-electron chi connectivity index (χ1n) is 12.0. The zero-order chi connectivity index (χ0) is 22.0. The third kappa shape index (κ3) is 4.26. The minimum Gasteiger partial charge on any atom is -0.297 e. The van der Waals surface area contributed by atoms with Crippen molar-refractivity contribution in [3.05, 3.63) is 106 Å². The Labute approximate surface area is 200 Å². The van der Waals surface area contributed by atoms with Crippen LogP contribution in [0.5, 0.6) is 0 Å². The lowest BCUT2D eigenvalue weighted by molar-refractivity contribution is 0.117. The molecule has 0 saturated carbocycles. The van der Waals surface area contributed by atoms with Crippen molar-refractivity contribution in [2.45, 2.75) is 18.9 Å². The normalized spacial score (nSPS) is 19.5. The van der Waals surface area contributed by atoms with E-state index in [9.17, 15) is 0 Å². The molecule has 166 valence electrons. The van der Waals surface area contributed by atoms with Gasteiger partial charge in [0.15, 0.2) is 0 Å². The fourth-order valence-corrected chi connectivity index (χ4v) is 6.15. The largest absolute Gasteiger partial charge is 0.297 e. The van der Waals surface area contributed by atoms with E-state index in [0.717, 1.165) is 45.6 Å². The van der Waals surface area contributed by atoms with Gasteiger partial charge in [-0.2, -0.15) is 0 Å². The summed E-state index contributed by atoms with van der Waals surface area (Å²) in [5, 5.41) is 3.51. The van der Waals surface area contributed by atoms with E-state index in [2.05, 4.69) is 88.0 Å². The molecule has 3 heterocycles. The number of fused-ring (bicyclic) bond motifs is 3. The molecular formula is C29H29N3S. The van der Waals surface area contributed by atoms with Crippen molar-refractivity contribution in [2.24, 2.45) is 0 Å². The van der Waals surface area contributed by atoms with Crippen LogP contribution in [0.2, 0.25) is 0 Å².